The summed E-state index contributed by atoms with van der Waals surface area (Å²) in [6.07, 6.45) is 4.60. The van der Waals surface area contributed by atoms with E-state index in [1.54, 1.807) is 0 Å². The Bertz CT molecular complexity index is 373. The summed E-state index contributed by atoms with van der Waals surface area (Å²) in [6, 6.07) is 2.20. The largest absolute Gasteiger partial charge is 0.468 e. The molecule has 0 bridgehead atoms. The van der Waals surface area contributed by atoms with Crippen molar-refractivity contribution < 1.29 is 4.42 Å². The van der Waals surface area contributed by atoms with Crippen molar-refractivity contribution in [3.05, 3.63) is 23.7 Å². The molecule has 0 aliphatic carbocycles. The van der Waals surface area contributed by atoms with Gasteiger partial charge in [-0.25, -0.2) is 0 Å². The van der Waals surface area contributed by atoms with Crippen LogP contribution >= 0.6 is 0 Å². The van der Waals surface area contributed by atoms with Crippen LogP contribution in [0.5, 0.6) is 0 Å². The SMILES string of the molecule is CC(C)CNCc1coc(CN2CCCC(C)C2)c1. The van der Waals surface area contributed by atoms with Crippen LogP contribution in [0.3, 0.4) is 0 Å². The lowest BCUT2D eigenvalue weighted by molar-refractivity contribution is 0.165. The van der Waals surface area contributed by atoms with E-state index in [9.17, 15) is 0 Å². The van der Waals surface area contributed by atoms with Gasteiger partial charge in [0.05, 0.1) is 12.8 Å². The number of likely N-dealkylation sites (tertiary alicyclic amines) is 1. The summed E-state index contributed by atoms with van der Waals surface area (Å²) in [6.45, 7) is 12.2. The van der Waals surface area contributed by atoms with Gasteiger partial charge in [0, 0.05) is 18.7 Å². The highest BCUT2D eigenvalue weighted by atomic mass is 16.3. The molecule has 19 heavy (non-hydrogen) atoms. The lowest BCUT2D eigenvalue weighted by Crippen LogP contribution is -2.33. The Morgan fingerprint density at radius 1 is 1.47 bits per heavy atom. The van der Waals surface area contributed by atoms with Crippen LogP contribution in [0.4, 0.5) is 0 Å². The molecular formula is C16H28N2O. The molecular weight excluding hydrogens is 236 g/mol. The van der Waals surface area contributed by atoms with E-state index < -0.39 is 0 Å². The lowest BCUT2D eigenvalue weighted by Gasteiger charge is -2.29. The van der Waals surface area contributed by atoms with Gasteiger partial charge in [0.25, 0.3) is 0 Å². The van der Waals surface area contributed by atoms with Crippen molar-refractivity contribution in [1.29, 1.82) is 0 Å². The molecule has 108 valence electrons. The summed E-state index contributed by atoms with van der Waals surface area (Å²) in [5, 5.41) is 3.45. The predicted molar refractivity (Wildman–Crippen MR) is 78.9 cm³/mol. The molecule has 1 aromatic heterocycles. The van der Waals surface area contributed by atoms with Crippen molar-refractivity contribution in [2.24, 2.45) is 11.8 Å². The zero-order chi connectivity index (χ0) is 13.7. The van der Waals surface area contributed by atoms with E-state index in [0.29, 0.717) is 5.92 Å². The summed E-state index contributed by atoms with van der Waals surface area (Å²) >= 11 is 0. The first-order valence-corrected chi connectivity index (χ1v) is 7.63. The van der Waals surface area contributed by atoms with E-state index >= 15 is 0 Å². The van der Waals surface area contributed by atoms with Gasteiger partial charge in [-0.15, -0.1) is 0 Å². The van der Waals surface area contributed by atoms with E-state index in [1.807, 2.05) is 6.26 Å². The van der Waals surface area contributed by atoms with Gasteiger partial charge < -0.3 is 9.73 Å². The van der Waals surface area contributed by atoms with Crippen molar-refractivity contribution in [2.45, 2.75) is 46.7 Å². The van der Waals surface area contributed by atoms with E-state index in [0.717, 1.165) is 31.3 Å². The Kier molecular flexibility index (Phi) is 5.46. The van der Waals surface area contributed by atoms with E-state index in [4.69, 9.17) is 4.42 Å². The maximum atomic E-state index is 5.68. The maximum absolute atomic E-state index is 5.68. The van der Waals surface area contributed by atoms with Crippen molar-refractivity contribution in [3.63, 3.8) is 0 Å². The molecule has 1 atom stereocenters. The second kappa shape index (κ2) is 7.11. The van der Waals surface area contributed by atoms with Gasteiger partial charge in [-0.2, -0.15) is 0 Å². The molecule has 0 saturated carbocycles. The minimum atomic E-state index is 0.696. The van der Waals surface area contributed by atoms with Gasteiger partial charge >= 0.3 is 0 Å². The van der Waals surface area contributed by atoms with Crippen LogP contribution in [0.25, 0.3) is 0 Å². The molecule has 1 aromatic rings. The molecule has 3 nitrogen and oxygen atoms in total. The van der Waals surface area contributed by atoms with Crippen LogP contribution in [0.15, 0.2) is 16.7 Å². The molecule has 2 rings (SSSR count). The molecule has 1 aliphatic rings. The first-order valence-electron chi connectivity index (χ1n) is 7.63. The van der Waals surface area contributed by atoms with Gasteiger partial charge in [-0.3, -0.25) is 4.90 Å². The van der Waals surface area contributed by atoms with Crippen LogP contribution in [0.2, 0.25) is 0 Å². The van der Waals surface area contributed by atoms with Crippen LogP contribution in [-0.2, 0) is 13.1 Å². The predicted octanol–water partition coefficient (Wildman–Crippen LogP) is 3.26. The highest BCUT2D eigenvalue weighted by Crippen LogP contribution is 2.18. The molecule has 2 heterocycles. The number of nitrogens with one attached hydrogen (secondary N) is 1. The minimum absolute atomic E-state index is 0.696. The highest BCUT2D eigenvalue weighted by molar-refractivity contribution is 5.12. The van der Waals surface area contributed by atoms with Crippen LogP contribution in [0.1, 0.15) is 44.9 Å². The van der Waals surface area contributed by atoms with Crippen LogP contribution in [0, 0.1) is 11.8 Å². The van der Waals surface area contributed by atoms with Crippen molar-refractivity contribution >= 4 is 0 Å². The average molecular weight is 264 g/mol. The smallest absolute Gasteiger partial charge is 0.118 e. The van der Waals surface area contributed by atoms with E-state index in [-0.39, 0.29) is 0 Å². The molecule has 3 heteroatoms. The monoisotopic (exact) mass is 264 g/mol. The standard InChI is InChI=1S/C16H28N2O/c1-13(2)8-17-9-15-7-16(19-12-15)11-18-6-4-5-14(3)10-18/h7,12-14,17H,4-6,8-11H2,1-3H3. The lowest BCUT2D eigenvalue weighted by atomic mass is 10.0. The third kappa shape index (κ3) is 5.00. The first kappa shape index (κ1) is 14.6. The Hall–Kier alpha value is -0.800. The fourth-order valence-electron chi connectivity index (χ4n) is 2.76. The van der Waals surface area contributed by atoms with E-state index in [1.165, 1.54) is 31.5 Å². The summed E-state index contributed by atoms with van der Waals surface area (Å²) in [5.74, 6) is 2.63. The first-order chi connectivity index (χ1) is 9.13. The molecule has 0 aromatic carbocycles. The molecule has 0 radical (unpaired) electrons. The van der Waals surface area contributed by atoms with Gasteiger partial charge in [0.1, 0.15) is 5.76 Å². The zero-order valence-corrected chi connectivity index (χ0v) is 12.6. The zero-order valence-electron chi connectivity index (χ0n) is 12.6. The second-order valence-corrected chi connectivity index (χ2v) is 6.43. The van der Waals surface area contributed by atoms with Crippen molar-refractivity contribution in [1.82, 2.24) is 10.2 Å². The Morgan fingerprint density at radius 2 is 2.32 bits per heavy atom. The Balaban J connectivity index is 1.77. The molecule has 0 amide bonds. The molecule has 1 aliphatic heterocycles. The van der Waals surface area contributed by atoms with Gasteiger partial charge in [-0.1, -0.05) is 20.8 Å². The number of nitrogens with zero attached hydrogens (tertiary/aromatic N) is 1. The number of piperidine rings is 1. The number of furan rings is 1. The fourth-order valence-corrected chi connectivity index (χ4v) is 2.76. The van der Waals surface area contributed by atoms with Crippen molar-refractivity contribution in [2.75, 3.05) is 19.6 Å². The number of rotatable bonds is 6. The molecule has 0 spiro atoms. The number of hydrogen-bond acceptors (Lipinski definition) is 3. The van der Waals surface area contributed by atoms with Crippen LogP contribution in [-0.4, -0.2) is 24.5 Å². The Morgan fingerprint density at radius 3 is 3.05 bits per heavy atom. The third-order valence-corrected chi connectivity index (χ3v) is 3.71. The van der Waals surface area contributed by atoms with Gasteiger partial charge in [-0.05, 0) is 43.8 Å². The molecule has 1 saturated heterocycles. The average Bonchev–Trinajstić information content (AvgIpc) is 2.76. The fraction of sp³-hybridized carbons (Fsp3) is 0.750. The van der Waals surface area contributed by atoms with Crippen LogP contribution < -0.4 is 5.32 Å². The third-order valence-electron chi connectivity index (χ3n) is 3.71. The summed E-state index contributed by atoms with van der Waals surface area (Å²) < 4.78 is 5.68. The normalized spacial score (nSPS) is 21.2. The van der Waals surface area contributed by atoms with E-state index in [2.05, 4.69) is 37.1 Å². The minimum Gasteiger partial charge on any atom is -0.468 e. The topological polar surface area (TPSA) is 28.4 Å². The van der Waals surface area contributed by atoms with Gasteiger partial charge in [0.2, 0.25) is 0 Å². The number of hydrogen-bond donors (Lipinski definition) is 1. The van der Waals surface area contributed by atoms with Crippen molar-refractivity contribution in [3.8, 4) is 0 Å². The highest BCUT2D eigenvalue weighted by Gasteiger charge is 2.17. The molecule has 1 fully saturated rings. The summed E-state index contributed by atoms with van der Waals surface area (Å²) in [4.78, 5) is 2.51. The molecule has 1 N–H and O–H groups in total. The summed E-state index contributed by atoms with van der Waals surface area (Å²) in [5.41, 5.74) is 1.26. The summed E-state index contributed by atoms with van der Waals surface area (Å²) in [7, 11) is 0. The maximum Gasteiger partial charge on any atom is 0.118 e. The second-order valence-electron chi connectivity index (χ2n) is 6.43. The quantitative estimate of drug-likeness (QED) is 0.855. The van der Waals surface area contributed by atoms with Gasteiger partial charge in [0.15, 0.2) is 0 Å². The molecule has 1 unspecified atom stereocenters. The Labute approximate surface area is 117 Å².